The monoisotopic (exact) mass is 302 g/mol. The molecule has 7 nitrogen and oxygen atoms in total. The zero-order valence-electron chi connectivity index (χ0n) is 12.3. The fraction of sp³-hybridized carbons (Fsp3) is 0.267. The maximum atomic E-state index is 12.1. The molecular formula is C15H18N4O3. The number of H-pyrrole nitrogens is 1. The van der Waals surface area contributed by atoms with Gasteiger partial charge in [-0.3, -0.25) is 9.59 Å². The first-order valence-electron chi connectivity index (χ1n) is 6.95. The Morgan fingerprint density at radius 3 is 2.95 bits per heavy atom. The van der Waals surface area contributed by atoms with Gasteiger partial charge in [-0.25, -0.2) is 4.98 Å². The number of imidazole rings is 1. The van der Waals surface area contributed by atoms with Gasteiger partial charge in [-0.1, -0.05) is 6.07 Å². The number of benzene rings is 1. The molecule has 22 heavy (non-hydrogen) atoms. The van der Waals surface area contributed by atoms with Crippen LogP contribution in [0.25, 0.3) is 0 Å². The molecule has 1 aromatic heterocycles. The number of aromatic amines is 1. The summed E-state index contributed by atoms with van der Waals surface area (Å²) < 4.78 is 4.83. The number of nitrogens with one attached hydrogen (secondary N) is 3. The number of rotatable bonds is 7. The fourth-order valence-corrected chi connectivity index (χ4v) is 1.82. The number of hydrogen-bond donors (Lipinski definition) is 3. The van der Waals surface area contributed by atoms with Crippen molar-refractivity contribution in [3.05, 3.63) is 48.0 Å². The molecule has 0 unspecified atom stereocenters. The number of esters is 1. The van der Waals surface area contributed by atoms with Gasteiger partial charge < -0.3 is 20.4 Å². The summed E-state index contributed by atoms with van der Waals surface area (Å²) in [5, 5.41) is 5.68. The maximum absolute atomic E-state index is 12.1. The number of carbonyl (C=O) groups is 2. The second-order valence-corrected chi connectivity index (χ2v) is 4.46. The van der Waals surface area contributed by atoms with Crippen LogP contribution in [0.2, 0.25) is 0 Å². The Hall–Kier alpha value is -2.83. The van der Waals surface area contributed by atoms with Crippen molar-refractivity contribution in [1.82, 2.24) is 15.3 Å². The summed E-state index contributed by atoms with van der Waals surface area (Å²) in [6, 6.07) is 6.90. The molecule has 0 saturated carbocycles. The minimum absolute atomic E-state index is 0.0608. The average molecular weight is 302 g/mol. The third-order valence-electron chi connectivity index (χ3n) is 2.84. The summed E-state index contributed by atoms with van der Waals surface area (Å²) in [4.78, 5) is 30.3. The smallest absolute Gasteiger partial charge is 0.325 e. The predicted octanol–water partition coefficient (Wildman–Crippen LogP) is 1.31. The molecule has 1 aromatic carbocycles. The quantitative estimate of drug-likeness (QED) is 0.670. The molecule has 0 fully saturated rings. The third-order valence-corrected chi connectivity index (χ3v) is 2.84. The van der Waals surface area contributed by atoms with Crippen LogP contribution in [-0.4, -0.2) is 35.0 Å². The van der Waals surface area contributed by atoms with Gasteiger partial charge in [0.25, 0.3) is 5.91 Å². The van der Waals surface area contributed by atoms with Crippen LogP contribution in [0.3, 0.4) is 0 Å². The van der Waals surface area contributed by atoms with Crippen molar-refractivity contribution in [1.29, 1.82) is 0 Å². The van der Waals surface area contributed by atoms with Crippen LogP contribution < -0.4 is 10.6 Å². The predicted molar refractivity (Wildman–Crippen MR) is 81.3 cm³/mol. The molecule has 0 aliphatic rings. The first-order chi connectivity index (χ1) is 10.7. The lowest BCUT2D eigenvalue weighted by Gasteiger charge is -2.08. The molecule has 0 saturated heterocycles. The summed E-state index contributed by atoms with van der Waals surface area (Å²) >= 11 is 0. The van der Waals surface area contributed by atoms with Gasteiger partial charge in [0.15, 0.2) is 0 Å². The van der Waals surface area contributed by atoms with E-state index in [0.29, 0.717) is 30.2 Å². The SMILES string of the molecule is CCOC(=O)CNc1cccc(C(=O)NCc2ncc[nH]2)c1. The Morgan fingerprint density at radius 2 is 2.23 bits per heavy atom. The van der Waals surface area contributed by atoms with Gasteiger partial charge in [-0.2, -0.15) is 0 Å². The lowest BCUT2D eigenvalue weighted by molar-refractivity contribution is -0.140. The van der Waals surface area contributed by atoms with Gasteiger partial charge in [0.2, 0.25) is 0 Å². The maximum Gasteiger partial charge on any atom is 0.325 e. The largest absolute Gasteiger partial charge is 0.465 e. The van der Waals surface area contributed by atoms with Gasteiger partial charge in [0, 0.05) is 23.6 Å². The van der Waals surface area contributed by atoms with Crippen molar-refractivity contribution < 1.29 is 14.3 Å². The van der Waals surface area contributed by atoms with E-state index in [1.54, 1.807) is 43.6 Å². The lowest BCUT2D eigenvalue weighted by atomic mass is 10.2. The highest BCUT2D eigenvalue weighted by molar-refractivity contribution is 5.95. The van der Waals surface area contributed by atoms with E-state index in [0.717, 1.165) is 0 Å². The van der Waals surface area contributed by atoms with Crippen molar-refractivity contribution in [3.8, 4) is 0 Å². The molecule has 1 heterocycles. The van der Waals surface area contributed by atoms with Crippen molar-refractivity contribution in [2.75, 3.05) is 18.5 Å². The molecule has 0 radical (unpaired) electrons. The molecule has 1 amide bonds. The van der Waals surface area contributed by atoms with Gasteiger partial charge in [0.05, 0.1) is 13.2 Å². The average Bonchev–Trinajstić information content (AvgIpc) is 3.04. The first kappa shape index (κ1) is 15.6. The van der Waals surface area contributed by atoms with Gasteiger partial charge >= 0.3 is 5.97 Å². The van der Waals surface area contributed by atoms with E-state index in [1.807, 2.05) is 0 Å². The molecule has 7 heteroatoms. The molecular weight excluding hydrogens is 284 g/mol. The number of carbonyl (C=O) groups excluding carboxylic acids is 2. The van der Waals surface area contributed by atoms with Crippen LogP contribution in [0.4, 0.5) is 5.69 Å². The normalized spacial score (nSPS) is 10.0. The van der Waals surface area contributed by atoms with E-state index < -0.39 is 0 Å². The fourth-order valence-electron chi connectivity index (χ4n) is 1.82. The Balaban J connectivity index is 1.89. The van der Waals surface area contributed by atoms with E-state index in [1.165, 1.54) is 0 Å². The third kappa shape index (κ3) is 4.62. The topological polar surface area (TPSA) is 96.1 Å². The number of anilines is 1. The van der Waals surface area contributed by atoms with E-state index in [-0.39, 0.29) is 18.4 Å². The van der Waals surface area contributed by atoms with E-state index in [9.17, 15) is 9.59 Å². The summed E-state index contributed by atoms with van der Waals surface area (Å²) in [7, 11) is 0. The molecule has 0 aliphatic carbocycles. The lowest BCUT2D eigenvalue weighted by Crippen LogP contribution is -2.23. The zero-order chi connectivity index (χ0) is 15.8. The molecule has 0 spiro atoms. The van der Waals surface area contributed by atoms with E-state index in [2.05, 4.69) is 20.6 Å². The Labute approximate surface area is 128 Å². The second kappa shape index (κ2) is 7.82. The summed E-state index contributed by atoms with van der Waals surface area (Å²) in [5.74, 6) is 0.135. The zero-order valence-corrected chi connectivity index (χ0v) is 12.3. The number of hydrogen-bond acceptors (Lipinski definition) is 5. The number of ether oxygens (including phenoxy) is 1. The highest BCUT2D eigenvalue weighted by Crippen LogP contribution is 2.10. The van der Waals surface area contributed by atoms with Crippen molar-refractivity contribution in [2.24, 2.45) is 0 Å². The molecule has 0 aliphatic heterocycles. The number of amides is 1. The Morgan fingerprint density at radius 1 is 1.36 bits per heavy atom. The molecule has 0 bridgehead atoms. The molecule has 2 rings (SSSR count). The second-order valence-electron chi connectivity index (χ2n) is 4.46. The number of aromatic nitrogens is 2. The van der Waals surface area contributed by atoms with Crippen LogP contribution in [0.15, 0.2) is 36.7 Å². The van der Waals surface area contributed by atoms with E-state index in [4.69, 9.17) is 4.74 Å². The van der Waals surface area contributed by atoms with Crippen LogP contribution in [0.1, 0.15) is 23.1 Å². The van der Waals surface area contributed by atoms with Crippen molar-refractivity contribution in [3.63, 3.8) is 0 Å². The van der Waals surface area contributed by atoms with Gasteiger partial charge in [-0.15, -0.1) is 0 Å². The van der Waals surface area contributed by atoms with E-state index >= 15 is 0 Å². The van der Waals surface area contributed by atoms with Gasteiger partial charge in [-0.05, 0) is 25.1 Å². The molecule has 0 atom stereocenters. The molecule has 116 valence electrons. The Kier molecular flexibility index (Phi) is 5.53. The minimum Gasteiger partial charge on any atom is -0.465 e. The minimum atomic E-state index is -0.338. The summed E-state index contributed by atoms with van der Waals surface area (Å²) in [6.45, 7) is 2.48. The van der Waals surface area contributed by atoms with Crippen molar-refractivity contribution in [2.45, 2.75) is 13.5 Å². The van der Waals surface area contributed by atoms with Gasteiger partial charge in [0.1, 0.15) is 12.4 Å². The summed E-state index contributed by atoms with van der Waals surface area (Å²) in [6.07, 6.45) is 3.32. The summed E-state index contributed by atoms with van der Waals surface area (Å²) in [5.41, 5.74) is 1.18. The highest BCUT2D eigenvalue weighted by Gasteiger charge is 2.07. The van der Waals surface area contributed by atoms with Crippen LogP contribution in [-0.2, 0) is 16.1 Å². The first-order valence-corrected chi connectivity index (χ1v) is 6.95. The number of nitrogens with zero attached hydrogens (tertiary/aromatic N) is 1. The Bertz CT molecular complexity index is 625. The standard InChI is InChI=1S/C15H18N4O3/c1-2-22-14(20)10-18-12-5-3-4-11(8-12)15(21)19-9-13-16-6-7-17-13/h3-8,18H,2,9-10H2,1H3,(H,16,17)(H,19,21). The van der Waals surface area contributed by atoms with Crippen LogP contribution in [0, 0.1) is 0 Å². The molecule has 3 N–H and O–H groups in total. The highest BCUT2D eigenvalue weighted by atomic mass is 16.5. The van der Waals surface area contributed by atoms with Crippen LogP contribution >= 0.6 is 0 Å². The molecule has 2 aromatic rings. The van der Waals surface area contributed by atoms with Crippen molar-refractivity contribution >= 4 is 17.6 Å². The van der Waals surface area contributed by atoms with Crippen LogP contribution in [0.5, 0.6) is 0 Å².